The lowest BCUT2D eigenvalue weighted by Crippen LogP contribution is -2.28. The number of fused-ring (bicyclic) bond motifs is 1. The van der Waals surface area contributed by atoms with Crippen molar-refractivity contribution in [3.05, 3.63) is 72.1 Å². The van der Waals surface area contributed by atoms with E-state index >= 15 is 0 Å². The zero-order valence-corrected chi connectivity index (χ0v) is 19.4. The molecule has 0 fully saturated rings. The number of methoxy groups -OCH3 is 1. The van der Waals surface area contributed by atoms with Crippen molar-refractivity contribution >= 4 is 16.6 Å². The average molecular weight is 440 g/mol. The first-order valence-corrected chi connectivity index (χ1v) is 11.4. The Morgan fingerprint density at radius 1 is 1.09 bits per heavy atom. The molecule has 1 unspecified atom stereocenters. The van der Waals surface area contributed by atoms with Crippen molar-refractivity contribution in [2.75, 3.05) is 21.2 Å². The molecular weight excluding hydrogens is 410 g/mol. The second-order valence-corrected chi connectivity index (χ2v) is 8.86. The fraction of sp³-hybridized carbons (Fsp3) is 0.296. The highest BCUT2D eigenvalue weighted by molar-refractivity contribution is 5.85. The number of nitrogens with one attached hydrogen (secondary N) is 1. The number of aromatic amines is 1. The van der Waals surface area contributed by atoms with Gasteiger partial charge in [0, 0.05) is 36.7 Å². The number of pyridine rings is 2. The Balaban J connectivity index is 1.49. The number of benzene rings is 1. The van der Waals surface area contributed by atoms with Gasteiger partial charge in [-0.15, -0.1) is 0 Å². The van der Waals surface area contributed by atoms with Gasteiger partial charge in [0.15, 0.2) is 0 Å². The second kappa shape index (κ2) is 9.25. The van der Waals surface area contributed by atoms with E-state index in [1.165, 1.54) is 17.6 Å². The molecule has 0 radical (unpaired) electrons. The van der Waals surface area contributed by atoms with E-state index in [-0.39, 0.29) is 0 Å². The summed E-state index contributed by atoms with van der Waals surface area (Å²) in [6.45, 7) is 0.571. The number of nitrogens with zero attached hydrogens (tertiary/aromatic N) is 4. The number of hydrogen-bond donors (Lipinski definition) is 1. The summed E-state index contributed by atoms with van der Waals surface area (Å²) in [5, 5.41) is 7.54. The molecule has 0 saturated carbocycles. The van der Waals surface area contributed by atoms with Crippen molar-refractivity contribution in [1.29, 1.82) is 0 Å². The first-order chi connectivity index (χ1) is 16.1. The van der Waals surface area contributed by atoms with Crippen LogP contribution in [0.4, 0.5) is 0 Å². The van der Waals surface area contributed by atoms with Gasteiger partial charge in [-0.3, -0.25) is 10.1 Å². The van der Waals surface area contributed by atoms with Gasteiger partial charge in [0.2, 0.25) is 0 Å². The summed E-state index contributed by atoms with van der Waals surface area (Å²) >= 11 is 0. The zero-order valence-electron chi connectivity index (χ0n) is 19.4. The molecule has 1 N–H and O–H groups in total. The standard InChI is InChI=1S/C27H29N5O/c1-32(2)22-9-7-19(8-10-22)21-14-26-25(28-15-21)12-11-24(30-26)23-16-29-31-27(23)20-6-4-5-18(13-20)17-33-3/h4-7,11-16,22H,8-10,17H2,1-3H3,(H,29,31). The SMILES string of the molecule is COCc1cccc(-c2n[nH]cc2-c2ccc3ncc(C4=CCC(N(C)C)CC4)cc3n2)c1. The van der Waals surface area contributed by atoms with Crippen molar-refractivity contribution in [3.8, 4) is 22.5 Å². The minimum Gasteiger partial charge on any atom is -0.380 e. The molecule has 1 atom stereocenters. The molecule has 0 bridgehead atoms. The minimum atomic E-state index is 0.571. The maximum Gasteiger partial charge on any atom is 0.101 e. The Morgan fingerprint density at radius 3 is 2.79 bits per heavy atom. The van der Waals surface area contributed by atoms with Crippen molar-refractivity contribution < 1.29 is 4.74 Å². The first-order valence-electron chi connectivity index (χ1n) is 11.4. The van der Waals surface area contributed by atoms with E-state index in [9.17, 15) is 0 Å². The fourth-order valence-electron chi connectivity index (χ4n) is 4.56. The highest BCUT2D eigenvalue weighted by Crippen LogP contribution is 2.32. The third-order valence-electron chi connectivity index (χ3n) is 6.45. The van der Waals surface area contributed by atoms with Gasteiger partial charge in [0.1, 0.15) is 5.69 Å². The molecule has 0 saturated heterocycles. The van der Waals surface area contributed by atoms with Gasteiger partial charge in [0.05, 0.1) is 23.3 Å². The van der Waals surface area contributed by atoms with E-state index in [2.05, 4.69) is 59.5 Å². The quantitative estimate of drug-likeness (QED) is 0.440. The number of hydrogen-bond acceptors (Lipinski definition) is 5. The van der Waals surface area contributed by atoms with Gasteiger partial charge in [-0.25, -0.2) is 4.98 Å². The van der Waals surface area contributed by atoms with Gasteiger partial charge in [-0.05, 0) is 74.3 Å². The summed E-state index contributed by atoms with van der Waals surface area (Å²) < 4.78 is 5.29. The van der Waals surface area contributed by atoms with Crippen molar-refractivity contribution in [2.45, 2.75) is 31.9 Å². The normalized spacial score (nSPS) is 16.4. The van der Waals surface area contributed by atoms with Crippen LogP contribution in [0.25, 0.3) is 39.1 Å². The molecule has 6 nitrogen and oxygen atoms in total. The molecule has 0 spiro atoms. The maximum absolute atomic E-state index is 5.29. The van der Waals surface area contributed by atoms with E-state index in [0.717, 1.165) is 52.0 Å². The van der Waals surface area contributed by atoms with Crippen LogP contribution in [0.3, 0.4) is 0 Å². The highest BCUT2D eigenvalue weighted by atomic mass is 16.5. The molecule has 5 rings (SSSR count). The summed E-state index contributed by atoms with van der Waals surface area (Å²) in [6.07, 6.45) is 9.57. The molecule has 1 aromatic carbocycles. The van der Waals surface area contributed by atoms with Crippen molar-refractivity contribution in [1.82, 2.24) is 25.1 Å². The molecule has 4 aromatic rings. The van der Waals surface area contributed by atoms with Crippen LogP contribution in [0.1, 0.15) is 30.4 Å². The first kappa shape index (κ1) is 21.5. The van der Waals surface area contributed by atoms with E-state index in [1.807, 2.05) is 30.6 Å². The van der Waals surface area contributed by atoms with E-state index in [1.54, 1.807) is 7.11 Å². The predicted octanol–water partition coefficient (Wildman–Crippen LogP) is 5.33. The Bertz CT molecular complexity index is 1310. The van der Waals surface area contributed by atoms with Gasteiger partial charge in [-0.1, -0.05) is 24.3 Å². The number of ether oxygens (including phenoxy) is 1. The van der Waals surface area contributed by atoms with Crippen LogP contribution in [-0.4, -0.2) is 52.3 Å². The number of H-pyrrole nitrogens is 1. The summed E-state index contributed by atoms with van der Waals surface area (Å²) in [6, 6.07) is 15.1. The Hall–Kier alpha value is -3.35. The van der Waals surface area contributed by atoms with E-state index in [4.69, 9.17) is 14.7 Å². The average Bonchev–Trinajstić information content (AvgIpc) is 3.34. The predicted molar refractivity (Wildman–Crippen MR) is 133 cm³/mol. The molecular formula is C27H29N5O. The second-order valence-electron chi connectivity index (χ2n) is 8.86. The minimum absolute atomic E-state index is 0.571. The van der Waals surface area contributed by atoms with Crippen LogP contribution in [0.5, 0.6) is 0 Å². The zero-order chi connectivity index (χ0) is 22.8. The van der Waals surface area contributed by atoms with Crippen LogP contribution in [0, 0.1) is 0 Å². The largest absolute Gasteiger partial charge is 0.380 e. The molecule has 6 heteroatoms. The molecule has 3 heterocycles. The summed E-state index contributed by atoms with van der Waals surface area (Å²) in [7, 11) is 6.02. The number of rotatable bonds is 6. The summed E-state index contributed by atoms with van der Waals surface area (Å²) in [5.41, 5.74) is 9.23. The van der Waals surface area contributed by atoms with E-state index in [0.29, 0.717) is 12.6 Å². The van der Waals surface area contributed by atoms with Crippen molar-refractivity contribution in [2.24, 2.45) is 0 Å². The maximum atomic E-state index is 5.29. The highest BCUT2D eigenvalue weighted by Gasteiger charge is 2.18. The van der Waals surface area contributed by atoms with Crippen LogP contribution < -0.4 is 0 Å². The van der Waals surface area contributed by atoms with Crippen LogP contribution in [0.2, 0.25) is 0 Å². The lowest BCUT2D eigenvalue weighted by atomic mass is 9.91. The fourth-order valence-corrected chi connectivity index (χ4v) is 4.56. The van der Waals surface area contributed by atoms with Crippen LogP contribution in [0.15, 0.2) is 60.9 Å². The Morgan fingerprint density at radius 2 is 2.00 bits per heavy atom. The lowest BCUT2D eigenvalue weighted by molar-refractivity contribution is 0.185. The Labute approximate surface area is 194 Å². The van der Waals surface area contributed by atoms with Gasteiger partial charge < -0.3 is 9.64 Å². The molecule has 0 amide bonds. The third kappa shape index (κ3) is 4.45. The molecule has 0 aliphatic heterocycles. The van der Waals surface area contributed by atoms with Crippen molar-refractivity contribution in [3.63, 3.8) is 0 Å². The molecule has 33 heavy (non-hydrogen) atoms. The monoisotopic (exact) mass is 439 g/mol. The number of allylic oxidation sites excluding steroid dienone is 1. The molecule has 168 valence electrons. The summed E-state index contributed by atoms with van der Waals surface area (Å²) in [5.74, 6) is 0. The molecule has 1 aliphatic rings. The third-order valence-corrected chi connectivity index (χ3v) is 6.45. The Kier molecular flexibility index (Phi) is 6.03. The van der Waals surface area contributed by atoms with Gasteiger partial charge in [-0.2, -0.15) is 5.10 Å². The molecule has 3 aromatic heterocycles. The smallest absolute Gasteiger partial charge is 0.101 e. The van der Waals surface area contributed by atoms with Crippen LogP contribution in [-0.2, 0) is 11.3 Å². The molecule has 1 aliphatic carbocycles. The lowest BCUT2D eigenvalue weighted by Gasteiger charge is -2.27. The number of aromatic nitrogens is 4. The van der Waals surface area contributed by atoms with Gasteiger partial charge in [0.25, 0.3) is 0 Å². The topological polar surface area (TPSA) is 66.9 Å². The van der Waals surface area contributed by atoms with Crippen LogP contribution >= 0.6 is 0 Å². The summed E-state index contributed by atoms with van der Waals surface area (Å²) in [4.78, 5) is 12.0. The van der Waals surface area contributed by atoms with E-state index < -0.39 is 0 Å². The van der Waals surface area contributed by atoms with Gasteiger partial charge >= 0.3 is 0 Å².